The zero-order chi connectivity index (χ0) is 11.4. The van der Waals surface area contributed by atoms with E-state index in [2.05, 4.69) is 49.8 Å². The minimum Gasteiger partial charge on any atom is -0.312 e. The van der Waals surface area contributed by atoms with Crippen molar-refractivity contribution in [3.8, 4) is 0 Å². The summed E-state index contributed by atoms with van der Waals surface area (Å²) in [5, 5.41) is 5.45. The Morgan fingerprint density at radius 3 is 3.00 bits per heavy atom. The third-order valence-electron chi connectivity index (χ3n) is 2.44. The highest BCUT2D eigenvalue weighted by atomic mass is 79.9. The summed E-state index contributed by atoms with van der Waals surface area (Å²) in [6.07, 6.45) is 4.69. The maximum absolute atomic E-state index is 4.18. The Kier molecular flexibility index (Phi) is 4.09. The number of nitrogens with one attached hydrogen (secondary N) is 1. The molecular weight excluding hydrogens is 284 g/mol. The zero-order valence-corrected chi connectivity index (χ0v) is 11.4. The molecule has 1 atom stereocenters. The lowest BCUT2D eigenvalue weighted by Crippen LogP contribution is -2.17. The van der Waals surface area contributed by atoms with Crippen LogP contribution in [0.3, 0.4) is 0 Å². The van der Waals surface area contributed by atoms with E-state index < -0.39 is 0 Å². The SMILES string of the molecule is CNC(Cc1cncc(Br)c1)c1cccs1. The summed E-state index contributed by atoms with van der Waals surface area (Å²) in [4.78, 5) is 5.55. The molecule has 84 valence electrons. The number of pyridine rings is 1. The molecule has 0 aliphatic carbocycles. The van der Waals surface area contributed by atoms with Crippen molar-refractivity contribution in [1.29, 1.82) is 0 Å². The molecule has 0 amide bonds. The largest absolute Gasteiger partial charge is 0.312 e. The van der Waals surface area contributed by atoms with Gasteiger partial charge in [0.2, 0.25) is 0 Å². The second-order valence-electron chi connectivity index (χ2n) is 3.57. The minimum atomic E-state index is 0.371. The van der Waals surface area contributed by atoms with Gasteiger partial charge in [-0.05, 0) is 52.5 Å². The summed E-state index contributed by atoms with van der Waals surface area (Å²) in [6, 6.07) is 6.74. The third kappa shape index (κ3) is 2.90. The lowest BCUT2D eigenvalue weighted by atomic mass is 10.1. The molecule has 0 aliphatic rings. The number of hydrogen-bond donors (Lipinski definition) is 1. The van der Waals surface area contributed by atoms with Gasteiger partial charge >= 0.3 is 0 Å². The zero-order valence-electron chi connectivity index (χ0n) is 8.98. The monoisotopic (exact) mass is 296 g/mol. The number of thiophene rings is 1. The number of nitrogens with zero attached hydrogens (tertiary/aromatic N) is 1. The number of hydrogen-bond acceptors (Lipinski definition) is 3. The van der Waals surface area contributed by atoms with Crippen LogP contribution < -0.4 is 5.32 Å². The topological polar surface area (TPSA) is 24.9 Å². The van der Waals surface area contributed by atoms with E-state index in [0.29, 0.717) is 6.04 Å². The highest BCUT2D eigenvalue weighted by molar-refractivity contribution is 9.10. The molecule has 2 aromatic heterocycles. The van der Waals surface area contributed by atoms with Gasteiger partial charge in [-0.2, -0.15) is 0 Å². The van der Waals surface area contributed by atoms with Crippen LogP contribution in [0.4, 0.5) is 0 Å². The molecule has 0 fully saturated rings. The van der Waals surface area contributed by atoms with Crippen LogP contribution in [-0.2, 0) is 6.42 Å². The Bertz CT molecular complexity index is 442. The summed E-state index contributed by atoms with van der Waals surface area (Å²) in [6.45, 7) is 0. The Hall–Kier alpha value is -0.710. The summed E-state index contributed by atoms with van der Waals surface area (Å²) >= 11 is 5.23. The van der Waals surface area contributed by atoms with Crippen molar-refractivity contribution >= 4 is 27.3 Å². The number of halogens is 1. The molecule has 4 heteroatoms. The van der Waals surface area contributed by atoms with Crippen molar-refractivity contribution in [1.82, 2.24) is 10.3 Å². The van der Waals surface area contributed by atoms with E-state index in [9.17, 15) is 0 Å². The third-order valence-corrected chi connectivity index (χ3v) is 3.86. The van der Waals surface area contributed by atoms with Gasteiger partial charge in [-0.3, -0.25) is 4.98 Å². The van der Waals surface area contributed by atoms with Crippen molar-refractivity contribution in [2.45, 2.75) is 12.5 Å². The first-order valence-electron chi connectivity index (χ1n) is 5.09. The highest BCUT2D eigenvalue weighted by Crippen LogP contribution is 2.23. The molecule has 0 aromatic carbocycles. The number of aromatic nitrogens is 1. The Balaban J connectivity index is 2.13. The fourth-order valence-electron chi connectivity index (χ4n) is 1.64. The maximum Gasteiger partial charge on any atom is 0.0453 e. The normalized spacial score (nSPS) is 12.6. The Labute approximate surface area is 108 Å². The van der Waals surface area contributed by atoms with Gasteiger partial charge in [0.1, 0.15) is 0 Å². The van der Waals surface area contributed by atoms with Gasteiger partial charge < -0.3 is 5.32 Å². The molecule has 1 N–H and O–H groups in total. The van der Waals surface area contributed by atoms with E-state index in [0.717, 1.165) is 10.9 Å². The molecule has 0 radical (unpaired) electrons. The van der Waals surface area contributed by atoms with Crippen LogP contribution in [0.1, 0.15) is 16.5 Å². The van der Waals surface area contributed by atoms with Crippen molar-refractivity contribution in [3.05, 3.63) is 50.9 Å². The van der Waals surface area contributed by atoms with E-state index in [1.54, 1.807) is 11.3 Å². The fraction of sp³-hybridized carbons (Fsp3) is 0.250. The van der Waals surface area contributed by atoms with Crippen molar-refractivity contribution in [2.75, 3.05) is 7.05 Å². The summed E-state index contributed by atoms with van der Waals surface area (Å²) in [5.74, 6) is 0. The van der Waals surface area contributed by atoms with Gasteiger partial charge in [-0.1, -0.05) is 6.07 Å². The van der Waals surface area contributed by atoms with Crippen LogP contribution in [0.5, 0.6) is 0 Å². The van der Waals surface area contributed by atoms with Gasteiger partial charge in [0.15, 0.2) is 0 Å². The van der Waals surface area contributed by atoms with Crippen LogP contribution in [0.15, 0.2) is 40.4 Å². The standard InChI is InChI=1S/C12H13BrN2S/c1-14-11(12-3-2-4-16-12)6-9-5-10(13)8-15-7-9/h2-5,7-8,11,14H,6H2,1H3. The van der Waals surface area contributed by atoms with E-state index >= 15 is 0 Å². The first-order chi connectivity index (χ1) is 7.79. The molecule has 16 heavy (non-hydrogen) atoms. The van der Waals surface area contributed by atoms with Crippen LogP contribution in [-0.4, -0.2) is 12.0 Å². The number of rotatable bonds is 4. The first-order valence-corrected chi connectivity index (χ1v) is 6.77. The van der Waals surface area contributed by atoms with E-state index in [4.69, 9.17) is 0 Å². The van der Waals surface area contributed by atoms with Crippen molar-refractivity contribution in [3.63, 3.8) is 0 Å². The fourth-order valence-corrected chi connectivity index (χ4v) is 2.89. The predicted octanol–water partition coefficient (Wildman–Crippen LogP) is 3.41. The first kappa shape index (κ1) is 11.8. The Morgan fingerprint density at radius 1 is 1.50 bits per heavy atom. The van der Waals surface area contributed by atoms with E-state index in [-0.39, 0.29) is 0 Å². The second kappa shape index (κ2) is 5.57. The van der Waals surface area contributed by atoms with E-state index in [1.165, 1.54) is 10.4 Å². The quantitative estimate of drug-likeness (QED) is 0.935. The molecule has 2 heterocycles. The summed E-state index contributed by atoms with van der Waals surface area (Å²) in [7, 11) is 2.00. The Morgan fingerprint density at radius 2 is 2.38 bits per heavy atom. The van der Waals surface area contributed by atoms with Crippen molar-refractivity contribution < 1.29 is 0 Å². The van der Waals surface area contributed by atoms with Crippen molar-refractivity contribution in [2.24, 2.45) is 0 Å². The van der Waals surface area contributed by atoms with Gasteiger partial charge in [-0.15, -0.1) is 11.3 Å². The molecule has 2 rings (SSSR count). The molecule has 0 aliphatic heterocycles. The van der Waals surface area contributed by atoms with Gasteiger partial charge in [0.05, 0.1) is 0 Å². The molecule has 0 bridgehead atoms. The molecular formula is C12H13BrN2S. The van der Waals surface area contributed by atoms with Gasteiger partial charge in [0.25, 0.3) is 0 Å². The molecule has 2 aromatic rings. The summed E-state index contributed by atoms with van der Waals surface area (Å²) < 4.78 is 1.03. The van der Waals surface area contributed by atoms with Gasteiger partial charge in [-0.25, -0.2) is 0 Å². The molecule has 0 spiro atoms. The average molecular weight is 297 g/mol. The second-order valence-corrected chi connectivity index (χ2v) is 5.47. The highest BCUT2D eigenvalue weighted by Gasteiger charge is 2.11. The van der Waals surface area contributed by atoms with Crippen LogP contribution in [0, 0.1) is 0 Å². The maximum atomic E-state index is 4.18. The van der Waals surface area contributed by atoms with Crippen LogP contribution in [0.25, 0.3) is 0 Å². The lowest BCUT2D eigenvalue weighted by molar-refractivity contribution is 0.601. The predicted molar refractivity (Wildman–Crippen MR) is 71.8 cm³/mol. The van der Waals surface area contributed by atoms with Gasteiger partial charge in [0, 0.05) is 27.8 Å². The molecule has 1 unspecified atom stereocenters. The molecule has 0 saturated carbocycles. The van der Waals surface area contributed by atoms with Crippen LogP contribution >= 0.6 is 27.3 Å². The average Bonchev–Trinajstić information content (AvgIpc) is 2.79. The number of likely N-dealkylation sites (N-methyl/N-ethyl adjacent to an activating group) is 1. The van der Waals surface area contributed by atoms with E-state index in [1.807, 2.05) is 19.4 Å². The molecule has 2 nitrogen and oxygen atoms in total. The van der Waals surface area contributed by atoms with Crippen LogP contribution in [0.2, 0.25) is 0 Å². The molecule has 0 saturated heterocycles. The smallest absolute Gasteiger partial charge is 0.0453 e. The minimum absolute atomic E-state index is 0.371. The summed E-state index contributed by atoms with van der Waals surface area (Å²) in [5.41, 5.74) is 1.24. The lowest BCUT2D eigenvalue weighted by Gasteiger charge is -2.14.